The minimum Gasteiger partial charge on any atom is -0.466 e. The average Bonchev–Trinajstić information content (AvgIpc) is 2.67. The van der Waals surface area contributed by atoms with Gasteiger partial charge in [-0.2, -0.15) is 5.10 Å². The molecule has 1 rings (SSSR count). The highest BCUT2D eigenvalue weighted by Gasteiger charge is 2.26. The first kappa shape index (κ1) is 13.7. The molecule has 96 valence electrons. The molecular formula is C13H22N2O2. The molecule has 0 spiro atoms. The van der Waals surface area contributed by atoms with Gasteiger partial charge in [0, 0.05) is 18.3 Å². The second-order valence-corrected chi connectivity index (χ2v) is 4.51. The number of aromatic nitrogens is 2. The zero-order valence-corrected chi connectivity index (χ0v) is 11.1. The van der Waals surface area contributed by atoms with Crippen LogP contribution >= 0.6 is 0 Å². The maximum absolute atomic E-state index is 11.9. The number of hydrogen-bond acceptors (Lipinski definition) is 3. The highest BCUT2D eigenvalue weighted by Crippen LogP contribution is 2.25. The van der Waals surface area contributed by atoms with Crippen LogP contribution in [0.15, 0.2) is 12.4 Å². The Kier molecular flexibility index (Phi) is 5.19. The molecule has 0 fully saturated rings. The Morgan fingerprint density at radius 3 is 2.71 bits per heavy atom. The Labute approximate surface area is 103 Å². The van der Waals surface area contributed by atoms with Gasteiger partial charge in [0.05, 0.1) is 18.7 Å². The van der Waals surface area contributed by atoms with Crippen molar-refractivity contribution in [3.8, 4) is 0 Å². The largest absolute Gasteiger partial charge is 0.466 e. The molecule has 0 aromatic carbocycles. The molecule has 0 aliphatic carbocycles. The number of ether oxygens (including phenoxy) is 1. The maximum atomic E-state index is 11.9. The Bertz CT molecular complexity index is 358. The van der Waals surface area contributed by atoms with E-state index >= 15 is 0 Å². The SMILES string of the molecule is CCCn1cc(C(C(=O)OCC)C(C)C)cn1. The normalized spacial score (nSPS) is 12.8. The second kappa shape index (κ2) is 6.42. The van der Waals surface area contributed by atoms with E-state index in [4.69, 9.17) is 4.74 Å². The molecule has 4 nitrogen and oxygen atoms in total. The van der Waals surface area contributed by atoms with Gasteiger partial charge in [0.25, 0.3) is 0 Å². The molecule has 1 atom stereocenters. The van der Waals surface area contributed by atoms with Crippen LogP contribution in [-0.2, 0) is 16.1 Å². The van der Waals surface area contributed by atoms with Crippen molar-refractivity contribution in [1.82, 2.24) is 9.78 Å². The molecule has 0 saturated heterocycles. The fraction of sp³-hybridized carbons (Fsp3) is 0.692. The van der Waals surface area contributed by atoms with Crippen molar-refractivity contribution in [2.75, 3.05) is 6.61 Å². The standard InChI is InChI=1S/C13H22N2O2/c1-5-7-15-9-11(8-14-15)12(10(3)4)13(16)17-6-2/h8-10,12H,5-7H2,1-4H3. The monoisotopic (exact) mass is 238 g/mol. The molecule has 0 saturated carbocycles. The summed E-state index contributed by atoms with van der Waals surface area (Å²) < 4.78 is 6.99. The van der Waals surface area contributed by atoms with E-state index in [9.17, 15) is 4.79 Å². The summed E-state index contributed by atoms with van der Waals surface area (Å²) in [7, 11) is 0. The van der Waals surface area contributed by atoms with Gasteiger partial charge in [-0.25, -0.2) is 0 Å². The lowest BCUT2D eigenvalue weighted by Crippen LogP contribution is -2.20. The summed E-state index contributed by atoms with van der Waals surface area (Å²) in [4.78, 5) is 11.9. The van der Waals surface area contributed by atoms with Crippen LogP contribution in [-0.4, -0.2) is 22.4 Å². The van der Waals surface area contributed by atoms with Crippen LogP contribution in [0.1, 0.15) is 45.6 Å². The van der Waals surface area contributed by atoms with Crippen molar-refractivity contribution in [3.63, 3.8) is 0 Å². The molecule has 0 N–H and O–H groups in total. The zero-order chi connectivity index (χ0) is 12.8. The zero-order valence-electron chi connectivity index (χ0n) is 11.1. The summed E-state index contributed by atoms with van der Waals surface area (Å²) in [6.45, 7) is 9.29. The van der Waals surface area contributed by atoms with Crippen molar-refractivity contribution in [2.45, 2.75) is 46.6 Å². The predicted molar refractivity (Wildman–Crippen MR) is 66.7 cm³/mol. The molecule has 1 unspecified atom stereocenters. The number of rotatable bonds is 6. The van der Waals surface area contributed by atoms with Gasteiger partial charge in [0.1, 0.15) is 0 Å². The van der Waals surface area contributed by atoms with Crippen LogP contribution in [0.25, 0.3) is 0 Å². The fourth-order valence-electron chi connectivity index (χ4n) is 1.92. The van der Waals surface area contributed by atoms with E-state index in [1.807, 2.05) is 31.6 Å². The van der Waals surface area contributed by atoms with E-state index in [1.165, 1.54) is 0 Å². The topological polar surface area (TPSA) is 44.1 Å². The quantitative estimate of drug-likeness (QED) is 0.715. The Balaban J connectivity index is 2.85. The average molecular weight is 238 g/mol. The third-order valence-corrected chi connectivity index (χ3v) is 2.67. The molecule has 0 bridgehead atoms. The molecule has 0 aliphatic rings. The Morgan fingerprint density at radius 2 is 2.18 bits per heavy atom. The lowest BCUT2D eigenvalue weighted by Gasteiger charge is -2.17. The molecule has 4 heteroatoms. The first-order valence-electron chi connectivity index (χ1n) is 6.29. The van der Waals surface area contributed by atoms with E-state index in [2.05, 4.69) is 12.0 Å². The molecule has 1 aromatic rings. The van der Waals surface area contributed by atoms with Crippen LogP contribution in [0, 0.1) is 5.92 Å². The number of carbonyl (C=O) groups is 1. The first-order valence-corrected chi connectivity index (χ1v) is 6.29. The van der Waals surface area contributed by atoms with Crippen LogP contribution < -0.4 is 0 Å². The smallest absolute Gasteiger partial charge is 0.313 e. The van der Waals surface area contributed by atoms with Crippen molar-refractivity contribution in [1.29, 1.82) is 0 Å². The summed E-state index contributed by atoms with van der Waals surface area (Å²) in [5.41, 5.74) is 0.951. The summed E-state index contributed by atoms with van der Waals surface area (Å²) in [6.07, 6.45) is 4.76. The number of aryl methyl sites for hydroxylation is 1. The number of esters is 1. The number of nitrogens with zero attached hydrogens (tertiary/aromatic N) is 2. The van der Waals surface area contributed by atoms with Gasteiger partial charge in [-0.3, -0.25) is 9.48 Å². The van der Waals surface area contributed by atoms with Crippen LogP contribution in [0.4, 0.5) is 0 Å². The third kappa shape index (κ3) is 3.58. The minimum absolute atomic E-state index is 0.154. The van der Waals surface area contributed by atoms with Crippen LogP contribution in [0.2, 0.25) is 0 Å². The Morgan fingerprint density at radius 1 is 1.47 bits per heavy atom. The number of carbonyl (C=O) groups excluding carboxylic acids is 1. The summed E-state index contributed by atoms with van der Waals surface area (Å²) in [5.74, 6) is -0.146. The molecule has 0 aliphatic heterocycles. The molecule has 1 aromatic heterocycles. The highest BCUT2D eigenvalue weighted by atomic mass is 16.5. The van der Waals surface area contributed by atoms with Crippen LogP contribution in [0.5, 0.6) is 0 Å². The van der Waals surface area contributed by atoms with Crippen molar-refractivity contribution >= 4 is 5.97 Å². The Hall–Kier alpha value is -1.32. The van der Waals surface area contributed by atoms with Gasteiger partial charge in [-0.1, -0.05) is 20.8 Å². The van der Waals surface area contributed by atoms with Crippen LogP contribution in [0.3, 0.4) is 0 Å². The van der Waals surface area contributed by atoms with Gasteiger partial charge in [-0.05, 0) is 19.3 Å². The number of hydrogen-bond donors (Lipinski definition) is 0. The summed E-state index contributed by atoms with van der Waals surface area (Å²) in [5, 5.41) is 4.26. The van der Waals surface area contributed by atoms with E-state index in [1.54, 1.807) is 6.20 Å². The molecule has 1 heterocycles. The van der Waals surface area contributed by atoms with Gasteiger partial charge in [0.2, 0.25) is 0 Å². The molecule has 17 heavy (non-hydrogen) atoms. The predicted octanol–water partition coefficient (Wildman–Crippen LogP) is 2.60. The summed E-state index contributed by atoms with van der Waals surface area (Å²) >= 11 is 0. The van der Waals surface area contributed by atoms with E-state index in [0.717, 1.165) is 18.5 Å². The van der Waals surface area contributed by atoms with Gasteiger partial charge in [0.15, 0.2) is 0 Å². The van der Waals surface area contributed by atoms with E-state index in [-0.39, 0.29) is 17.8 Å². The molecule has 0 amide bonds. The highest BCUT2D eigenvalue weighted by molar-refractivity contribution is 5.78. The third-order valence-electron chi connectivity index (χ3n) is 2.67. The van der Waals surface area contributed by atoms with E-state index in [0.29, 0.717) is 6.61 Å². The summed E-state index contributed by atoms with van der Waals surface area (Å²) in [6, 6.07) is 0. The second-order valence-electron chi connectivity index (χ2n) is 4.51. The fourth-order valence-corrected chi connectivity index (χ4v) is 1.92. The molecule has 0 radical (unpaired) electrons. The maximum Gasteiger partial charge on any atom is 0.313 e. The van der Waals surface area contributed by atoms with Gasteiger partial charge < -0.3 is 4.74 Å². The van der Waals surface area contributed by atoms with Crippen molar-refractivity contribution < 1.29 is 9.53 Å². The van der Waals surface area contributed by atoms with Gasteiger partial charge >= 0.3 is 5.97 Å². The van der Waals surface area contributed by atoms with Crippen molar-refractivity contribution in [3.05, 3.63) is 18.0 Å². The van der Waals surface area contributed by atoms with Gasteiger partial charge in [-0.15, -0.1) is 0 Å². The lowest BCUT2D eigenvalue weighted by atomic mass is 9.91. The molecular weight excluding hydrogens is 216 g/mol. The minimum atomic E-state index is -0.208. The van der Waals surface area contributed by atoms with E-state index < -0.39 is 0 Å². The first-order chi connectivity index (χ1) is 8.10. The van der Waals surface area contributed by atoms with Crippen molar-refractivity contribution in [2.24, 2.45) is 5.92 Å². The lowest BCUT2D eigenvalue weighted by molar-refractivity contribution is -0.146.